The minimum atomic E-state index is -0.500. The highest BCUT2D eigenvalue weighted by atomic mass is 35.5. The summed E-state index contributed by atoms with van der Waals surface area (Å²) in [6.45, 7) is 3.89. The van der Waals surface area contributed by atoms with Gasteiger partial charge in [-0.05, 0) is 31.9 Å². The van der Waals surface area contributed by atoms with E-state index in [4.69, 9.17) is 16.7 Å². The minimum absolute atomic E-state index is 0.0195. The van der Waals surface area contributed by atoms with Crippen molar-refractivity contribution in [2.75, 3.05) is 11.9 Å². The Morgan fingerprint density at radius 2 is 2.22 bits per heavy atom. The Hall–Kier alpha value is -1.33. The SMILES string of the molecule is CCC(C)(CCO)Nc1cccc(Cl)c1[N+](=O)[O-]. The minimum Gasteiger partial charge on any atom is -0.396 e. The van der Waals surface area contributed by atoms with Gasteiger partial charge >= 0.3 is 5.69 Å². The fourth-order valence-corrected chi connectivity index (χ4v) is 1.94. The number of para-hydroxylation sites is 1. The Morgan fingerprint density at radius 1 is 1.56 bits per heavy atom. The molecule has 1 aromatic rings. The van der Waals surface area contributed by atoms with E-state index >= 15 is 0 Å². The van der Waals surface area contributed by atoms with Crippen LogP contribution in [0.15, 0.2) is 18.2 Å². The maximum absolute atomic E-state index is 11.0. The van der Waals surface area contributed by atoms with Gasteiger partial charge in [-0.3, -0.25) is 10.1 Å². The van der Waals surface area contributed by atoms with Crippen molar-refractivity contribution in [2.24, 2.45) is 0 Å². The lowest BCUT2D eigenvalue weighted by Gasteiger charge is -2.30. The Labute approximate surface area is 111 Å². The zero-order valence-electron chi connectivity index (χ0n) is 10.4. The first-order chi connectivity index (χ1) is 8.43. The molecule has 0 aliphatic rings. The maximum Gasteiger partial charge on any atom is 0.310 e. The molecule has 1 rings (SSSR count). The standard InChI is InChI=1S/C12H17ClN2O3/c1-3-12(2,7-8-16)14-10-6-4-5-9(13)11(10)15(17)18/h4-6,14,16H,3,7-8H2,1-2H3. The number of aliphatic hydroxyl groups is 1. The van der Waals surface area contributed by atoms with E-state index in [1.165, 1.54) is 6.07 Å². The van der Waals surface area contributed by atoms with Gasteiger partial charge in [0.05, 0.1) is 4.92 Å². The number of halogens is 1. The topological polar surface area (TPSA) is 75.4 Å². The fourth-order valence-electron chi connectivity index (χ4n) is 1.70. The molecule has 1 unspecified atom stereocenters. The third kappa shape index (κ3) is 3.34. The molecule has 5 nitrogen and oxygen atoms in total. The summed E-state index contributed by atoms with van der Waals surface area (Å²) in [4.78, 5) is 10.5. The van der Waals surface area contributed by atoms with Gasteiger partial charge in [0.2, 0.25) is 0 Å². The zero-order valence-corrected chi connectivity index (χ0v) is 11.2. The van der Waals surface area contributed by atoms with Crippen LogP contribution < -0.4 is 5.32 Å². The molecule has 18 heavy (non-hydrogen) atoms. The summed E-state index contributed by atoms with van der Waals surface area (Å²) >= 11 is 5.84. The monoisotopic (exact) mass is 272 g/mol. The van der Waals surface area contributed by atoms with Gasteiger partial charge in [-0.25, -0.2) is 0 Å². The molecule has 0 bridgehead atoms. The van der Waals surface area contributed by atoms with Gasteiger partial charge in [0.25, 0.3) is 0 Å². The van der Waals surface area contributed by atoms with Crippen molar-refractivity contribution in [3.05, 3.63) is 33.3 Å². The lowest BCUT2D eigenvalue weighted by Crippen LogP contribution is -2.35. The van der Waals surface area contributed by atoms with Crippen molar-refractivity contribution >= 4 is 23.0 Å². The highest BCUT2D eigenvalue weighted by Crippen LogP contribution is 2.35. The van der Waals surface area contributed by atoms with E-state index in [0.717, 1.165) is 6.42 Å². The van der Waals surface area contributed by atoms with Gasteiger partial charge < -0.3 is 10.4 Å². The summed E-state index contributed by atoms with van der Waals surface area (Å²) in [5.74, 6) is 0. The van der Waals surface area contributed by atoms with E-state index in [0.29, 0.717) is 12.1 Å². The smallest absolute Gasteiger partial charge is 0.310 e. The van der Waals surface area contributed by atoms with E-state index in [-0.39, 0.29) is 17.3 Å². The molecule has 0 spiro atoms. The predicted octanol–water partition coefficient (Wildman–Crippen LogP) is 3.21. The number of aliphatic hydroxyl groups excluding tert-OH is 1. The molecule has 0 aliphatic carbocycles. The second kappa shape index (κ2) is 6.02. The number of nitro benzene ring substituents is 1. The molecular weight excluding hydrogens is 256 g/mol. The van der Waals surface area contributed by atoms with Gasteiger partial charge in [0.1, 0.15) is 10.7 Å². The van der Waals surface area contributed by atoms with Crippen LogP contribution in [0.2, 0.25) is 5.02 Å². The highest BCUT2D eigenvalue weighted by molar-refractivity contribution is 6.33. The number of anilines is 1. The third-order valence-corrected chi connectivity index (χ3v) is 3.35. The van der Waals surface area contributed by atoms with Crippen molar-refractivity contribution in [2.45, 2.75) is 32.2 Å². The largest absolute Gasteiger partial charge is 0.396 e. The average molecular weight is 273 g/mol. The van der Waals surface area contributed by atoms with E-state index in [1.54, 1.807) is 12.1 Å². The predicted molar refractivity (Wildman–Crippen MR) is 72.1 cm³/mol. The number of rotatable bonds is 6. The van der Waals surface area contributed by atoms with Gasteiger partial charge in [-0.15, -0.1) is 0 Å². The number of nitrogens with zero attached hydrogens (tertiary/aromatic N) is 1. The van der Waals surface area contributed by atoms with Gasteiger partial charge in [0.15, 0.2) is 0 Å². The molecule has 0 aromatic heterocycles. The van der Waals surface area contributed by atoms with E-state index in [1.807, 2.05) is 13.8 Å². The second-order valence-corrected chi connectivity index (χ2v) is 4.81. The first-order valence-corrected chi connectivity index (χ1v) is 6.13. The molecule has 2 N–H and O–H groups in total. The molecule has 0 saturated heterocycles. The first kappa shape index (κ1) is 14.7. The summed E-state index contributed by atoms with van der Waals surface area (Å²) in [6, 6.07) is 4.77. The molecule has 0 heterocycles. The van der Waals surface area contributed by atoms with Gasteiger partial charge in [-0.2, -0.15) is 0 Å². The summed E-state index contributed by atoms with van der Waals surface area (Å²) in [6.07, 6.45) is 1.24. The third-order valence-electron chi connectivity index (χ3n) is 3.05. The van der Waals surface area contributed by atoms with Gasteiger partial charge in [-0.1, -0.05) is 24.6 Å². The Bertz CT molecular complexity index is 439. The van der Waals surface area contributed by atoms with Crippen LogP contribution >= 0.6 is 11.6 Å². The molecule has 0 amide bonds. The number of hydrogen-bond acceptors (Lipinski definition) is 4. The second-order valence-electron chi connectivity index (χ2n) is 4.41. The maximum atomic E-state index is 11.0. The normalized spacial score (nSPS) is 14.0. The fraction of sp³-hybridized carbons (Fsp3) is 0.500. The number of nitrogens with one attached hydrogen (secondary N) is 1. The van der Waals surface area contributed by atoms with Crippen molar-refractivity contribution < 1.29 is 10.0 Å². The highest BCUT2D eigenvalue weighted by Gasteiger charge is 2.26. The molecule has 0 radical (unpaired) electrons. The van der Waals surface area contributed by atoms with Crippen LogP contribution in [0.4, 0.5) is 11.4 Å². The van der Waals surface area contributed by atoms with Crippen LogP contribution in [0.5, 0.6) is 0 Å². The Kier molecular flexibility index (Phi) is 4.93. The number of benzene rings is 1. The lowest BCUT2D eigenvalue weighted by molar-refractivity contribution is -0.383. The van der Waals surface area contributed by atoms with Crippen LogP contribution in [0.25, 0.3) is 0 Å². The summed E-state index contributed by atoms with van der Waals surface area (Å²) in [5, 5.41) is 23.3. The van der Waals surface area contributed by atoms with E-state index in [2.05, 4.69) is 5.32 Å². The molecule has 0 saturated carbocycles. The zero-order chi connectivity index (χ0) is 13.8. The molecular formula is C12H17ClN2O3. The Morgan fingerprint density at radius 3 is 2.72 bits per heavy atom. The molecule has 6 heteroatoms. The van der Waals surface area contributed by atoms with Gasteiger partial charge in [0, 0.05) is 12.1 Å². The Balaban J connectivity index is 3.10. The van der Waals surface area contributed by atoms with Crippen molar-refractivity contribution in [1.29, 1.82) is 0 Å². The summed E-state index contributed by atoms with van der Waals surface area (Å²) < 4.78 is 0. The molecule has 0 fully saturated rings. The summed E-state index contributed by atoms with van der Waals surface area (Å²) in [7, 11) is 0. The van der Waals surface area contributed by atoms with Crippen LogP contribution in [-0.2, 0) is 0 Å². The van der Waals surface area contributed by atoms with Crippen LogP contribution in [0.3, 0.4) is 0 Å². The quantitative estimate of drug-likeness (QED) is 0.616. The van der Waals surface area contributed by atoms with Crippen molar-refractivity contribution in [1.82, 2.24) is 0 Å². The molecule has 0 aliphatic heterocycles. The van der Waals surface area contributed by atoms with Crippen molar-refractivity contribution in [3.63, 3.8) is 0 Å². The first-order valence-electron chi connectivity index (χ1n) is 5.75. The van der Waals surface area contributed by atoms with Crippen LogP contribution in [-0.4, -0.2) is 22.2 Å². The lowest BCUT2D eigenvalue weighted by atomic mass is 9.94. The van der Waals surface area contributed by atoms with E-state index < -0.39 is 10.5 Å². The van der Waals surface area contributed by atoms with Crippen LogP contribution in [0.1, 0.15) is 26.7 Å². The summed E-state index contributed by atoms with van der Waals surface area (Å²) in [5.41, 5.74) is -0.147. The van der Waals surface area contributed by atoms with Crippen LogP contribution in [0, 0.1) is 10.1 Å². The number of hydrogen-bond donors (Lipinski definition) is 2. The molecule has 1 atom stereocenters. The van der Waals surface area contributed by atoms with E-state index in [9.17, 15) is 10.1 Å². The molecule has 1 aromatic carbocycles. The molecule has 100 valence electrons. The van der Waals surface area contributed by atoms with Crippen molar-refractivity contribution in [3.8, 4) is 0 Å². The average Bonchev–Trinajstić information content (AvgIpc) is 2.28. The number of nitro groups is 1.